The van der Waals surface area contributed by atoms with Gasteiger partial charge in [0.15, 0.2) is 0 Å². The number of hydrogen-bond acceptors (Lipinski definition) is 2. The fourth-order valence-electron chi connectivity index (χ4n) is 2.69. The molecule has 2 aromatic carbocycles. The van der Waals surface area contributed by atoms with Gasteiger partial charge in [0, 0.05) is 5.56 Å². The van der Waals surface area contributed by atoms with Crippen LogP contribution in [-0.2, 0) is 5.60 Å². The molecule has 1 unspecified atom stereocenters. The molecule has 0 N–H and O–H groups in total. The SMILES string of the molecule is COc1ccc2c(c1)C(C)=CC(C)(c1ccccc1)O2. The Balaban J connectivity index is 2.07. The molecule has 0 spiro atoms. The van der Waals surface area contributed by atoms with Gasteiger partial charge in [0.05, 0.1) is 7.11 Å². The van der Waals surface area contributed by atoms with Gasteiger partial charge in [0.2, 0.25) is 0 Å². The van der Waals surface area contributed by atoms with Crippen molar-refractivity contribution in [2.45, 2.75) is 19.4 Å². The minimum atomic E-state index is -0.424. The van der Waals surface area contributed by atoms with E-state index in [1.807, 2.05) is 36.4 Å². The van der Waals surface area contributed by atoms with Gasteiger partial charge in [-0.15, -0.1) is 0 Å². The van der Waals surface area contributed by atoms with E-state index in [-0.39, 0.29) is 0 Å². The highest BCUT2D eigenvalue weighted by molar-refractivity contribution is 5.73. The Morgan fingerprint density at radius 3 is 2.50 bits per heavy atom. The summed E-state index contributed by atoms with van der Waals surface area (Å²) in [5.74, 6) is 1.75. The van der Waals surface area contributed by atoms with Gasteiger partial charge in [-0.25, -0.2) is 0 Å². The Labute approximate surface area is 119 Å². The average Bonchev–Trinajstić information content (AvgIpc) is 2.48. The fraction of sp³-hybridized carbons (Fsp3) is 0.222. The highest BCUT2D eigenvalue weighted by atomic mass is 16.5. The second-order valence-corrected chi connectivity index (χ2v) is 5.26. The van der Waals surface area contributed by atoms with Crippen LogP contribution >= 0.6 is 0 Å². The quantitative estimate of drug-likeness (QED) is 0.801. The zero-order chi connectivity index (χ0) is 14.2. The Kier molecular flexibility index (Phi) is 3.01. The first kappa shape index (κ1) is 12.8. The molecule has 0 fully saturated rings. The normalized spacial score (nSPS) is 20.6. The van der Waals surface area contributed by atoms with Gasteiger partial charge < -0.3 is 9.47 Å². The van der Waals surface area contributed by atoms with Crippen molar-refractivity contribution in [1.82, 2.24) is 0 Å². The lowest BCUT2D eigenvalue weighted by Gasteiger charge is -2.34. The largest absolute Gasteiger partial charge is 0.497 e. The van der Waals surface area contributed by atoms with Crippen LogP contribution in [0.5, 0.6) is 11.5 Å². The highest BCUT2D eigenvalue weighted by Crippen LogP contribution is 2.41. The number of methoxy groups -OCH3 is 1. The summed E-state index contributed by atoms with van der Waals surface area (Å²) < 4.78 is 11.5. The Morgan fingerprint density at radius 2 is 1.80 bits per heavy atom. The first-order valence-corrected chi connectivity index (χ1v) is 6.75. The molecule has 0 saturated heterocycles. The summed E-state index contributed by atoms with van der Waals surface area (Å²) >= 11 is 0. The molecular weight excluding hydrogens is 248 g/mol. The van der Waals surface area contributed by atoms with Crippen LogP contribution in [0.3, 0.4) is 0 Å². The van der Waals surface area contributed by atoms with Crippen molar-refractivity contribution in [2.75, 3.05) is 7.11 Å². The van der Waals surface area contributed by atoms with Crippen LogP contribution in [0.15, 0.2) is 54.6 Å². The summed E-state index contributed by atoms with van der Waals surface area (Å²) in [6, 6.07) is 16.2. The molecule has 2 nitrogen and oxygen atoms in total. The maximum absolute atomic E-state index is 6.24. The summed E-state index contributed by atoms with van der Waals surface area (Å²) in [4.78, 5) is 0. The topological polar surface area (TPSA) is 18.5 Å². The monoisotopic (exact) mass is 266 g/mol. The van der Waals surface area contributed by atoms with E-state index in [0.717, 1.165) is 22.6 Å². The maximum Gasteiger partial charge on any atom is 0.150 e. The summed E-state index contributed by atoms with van der Waals surface area (Å²) in [7, 11) is 1.68. The van der Waals surface area contributed by atoms with E-state index in [4.69, 9.17) is 9.47 Å². The van der Waals surface area contributed by atoms with Gasteiger partial charge in [-0.3, -0.25) is 0 Å². The predicted molar refractivity (Wildman–Crippen MR) is 81.1 cm³/mol. The third kappa shape index (κ3) is 2.07. The van der Waals surface area contributed by atoms with Gasteiger partial charge in [-0.1, -0.05) is 30.3 Å². The minimum absolute atomic E-state index is 0.424. The third-order valence-electron chi connectivity index (χ3n) is 3.77. The molecule has 0 aliphatic carbocycles. The van der Waals surface area contributed by atoms with Crippen molar-refractivity contribution in [3.05, 3.63) is 65.7 Å². The van der Waals surface area contributed by atoms with E-state index in [2.05, 4.69) is 32.1 Å². The standard InChI is InChI=1S/C18H18O2/c1-13-12-18(2,14-7-5-4-6-8-14)20-17-10-9-15(19-3)11-16(13)17/h4-12H,1-3H3. The van der Waals surface area contributed by atoms with Gasteiger partial charge in [-0.05, 0) is 49.3 Å². The Morgan fingerprint density at radius 1 is 1.05 bits per heavy atom. The van der Waals surface area contributed by atoms with Crippen LogP contribution in [0.4, 0.5) is 0 Å². The number of rotatable bonds is 2. The van der Waals surface area contributed by atoms with Crippen LogP contribution in [-0.4, -0.2) is 7.11 Å². The van der Waals surface area contributed by atoms with Crippen molar-refractivity contribution in [3.8, 4) is 11.5 Å². The van der Waals surface area contributed by atoms with Crippen molar-refractivity contribution in [1.29, 1.82) is 0 Å². The molecule has 102 valence electrons. The molecule has 3 rings (SSSR count). The summed E-state index contributed by atoms with van der Waals surface area (Å²) in [5, 5.41) is 0. The van der Waals surface area contributed by atoms with Crippen LogP contribution < -0.4 is 9.47 Å². The number of allylic oxidation sites excluding steroid dienone is 1. The summed E-state index contributed by atoms with van der Waals surface area (Å²) in [6.07, 6.45) is 2.17. The summed E-state index contributed by atoms with van der Waals surface area (Å²) in [5.41, 5.74) is 3.03. The lowest BCUT2D eigenvalue weighted by molar-refractivity contribution is 0.137. The Bertz CT molecular complexity index is 658. The lowest BCUT2D eigenvalue weighted by atomic mass is 9.89. The molecule has 0 saturated carbocycles. The molecule has 2 heteroatoms. The smallest absolute Gasteiger partial charge is 0.150 e. The zero-order valence-electron chi connectivity index (χ0n) is 12.0. The second kappa shape index (κ2) is 4.71. The first-order valence-electron chi connectivity index (χ1n) is 6.75. The van der Waals surface area contributed by atoms with Crippen LogP contribution in [0, 0.1) is 0 Å². The number of benzene rings is 2. The Hall–Kier alpha value is -2.22. The molecule has 1 atom stereocenters. The second-order valence-electron chi connectivity index (χ2n) is 5.26. The fourth-order valence-corrected chi connectivity index (χ4v) is 2.69. The van der Waals surface area contributed by atoms with Gasteiger partial charge >= 0.3 is 0 Å². The maximum atomic E-state index is 6.24. The van der Waals surface area contributed by atoms with Crippen LogP contribution in [0.2, 0.25) is 0 Å². The molecule has 1 aliphatic heterocycles. The highest BCUT2D eigenvalue weighted by Gasteiger charge is 2.31. The molecule has 0 amide bonds. The number of fused-ring (bicyclic) bond motifs is 1. The summed E-state index contributed by atoms with van der Waals surface area (Å²) in [6.45, 7) is 4.21. The van der Waals surface area contributed by atoms with Crippen molar-refractivity contribution in [2.24, 2.45) is 0 Å². The minimum Gasteiger partial charge on any atom is -0.497 e. The molecule has 1 aliphatic rings. The van der Waals surface area contributed by atoms with Crippen molar-refractivity contribution < 1.29 is 9.47 Å². The van der Waals surface area contributed by atoms with E-state index in [9.17, 15) is 0 Å². The van der Waals surface area contributed by atoms with E-state index in [1.54, 1.807) is 7.11 Å². The predicted octanol–water partition coefficient (Wildman–Crippen LogP) is 4.41. The number of ether oxygens (including phenoxy) is 2. The number of hydrogen-bond donors (Lipinski definition) is 0. The van der Waals surface area contributed by atoms with E-state index in [0.29, 0.717) is 0 Å². The van der Waals surface area contributed by atoms with Crippen molar-refractivity contribution in [3.63, 3.8) is 0 Å². The zero-order valence-corrected chi connectivity index (χ0v) is 12.0. The molecule has 0 bridgehead atoms. The molecule has 0 aromatic heterocycles. The molecule has 20 heavy (non-hydrogen) atoms. The lowest BCUT2D eigenvalue weighted by Crippen LogP contribution is -2.30. The molecular formula is C18H18O2. The van der Waals surface area contributed by atoms with Gasteiger partial charge in [0.25, 0.3) is 0 Å². The average molecular weight is 266 g/mol. The van der Waals surface area contributed by atoms with Gasteiger partial charge in [-0.2, -0.15) is 0 Å². The van der Waals surface area contributed by atoms with E-state index in [1.165, 1.54) is 5.57 Å². The van der Waals surface area contributed by atoms with Crippen LogP contribution in [0.1, 0.15) is 25.0 Å². The van der Waals surface area contributed by atoms with Gasteiger partial charge in [0.1, 0.15) is 17.1 Å². The molecule has 0 radical (unpaired) electrons. The van der Waals surface area contributed by atoms with Crippen molar-refractivity contribution >= 4 is 5.57 Å². The van der Waals surface area contributed by atoms with E-state index < -0.39 is 5.60 Å². The molecule has 2 aromatic rings. The first-order chi connectivity index (χ1) is 9.62. The molecule has 1 heterocycles. The van der Waals surface area contributed by atoms with Crippen LogP contribution in [0.25, 0.3) is 5.57 Å². The van der Waals surface area contributed by atoms with E-state index >= 15 is 0 Å². The third-order valence-corrected chi connectivity index (χ3v) is 3.77.